The minimum atomic E-state index is -3.62. The number of aromatic nitrogens is 2. The number of hydrogen-bond donors (Lipinski definition) is 2. The number of carbonyl (C=O) groups is 1. The van der Waals surface area contributed by atoms with Crippen molar-refractivity contribution in [3.8, 4) is 0 Å². The van der Waals surface area contributed by atoms with Crippen molar-refractivity contribution in [2.24, 2.45) is 0 Å². The topological polar surface area (TPSA) is 93.1 Å². The van der Waals surface area contributed by atoms with Crippen molar-refractivity contribution < 1.29 is 13.2 Å². The summed E-state index contributed by atoms with van der Waals surface area (Å²) in [5, 5.41) is 7.14. The predicted molar refractivity (Wildman–Crippen MR) is 113 cm³/mol. The van der Waals surface area contributed by atoms with Crippen molar-refractivity contribution in [2.75, 3.05) is 6.54 Å². The fraction of sp³-hybridized carbons (Fsp3) is 0.273. The zero-order chi connectivity index (χ0) is 21.0. The van der Waals surface area contributed by atoms with Crippen molar-refractivity contribution in [1.82, 2.24) is 19.8 Å². The lowest BCUT2D eigenvalue weighted by Gasteiger charge is -2.15. The maximum atomic E-state index is 12.7. The number of hydrogen-bond acceptors (Lipinski definition) is 4. The Morgan fingerprint density at radius 1 is 1.13 bits per heavy atom. The quantitative estimate of drug-likeness (QED) is 0.544. The van der Waals surface area contributed by atoms with E-state index in [0.29, 0.717) is 25.1 Å². The van der Waals surface area contributed by atoms with E-state index in [2.05, 4.69) is 15.1 Å². The lowest BCUT2D eigenvalue weighted by molar-refractivity contribution is 0.0936. The van der Waals surface area contributed by atoms with Gasteiger partial charge in [0.15, 0.2) is 0 Å². The highest BCUT2D eigenvalue weighted by molar-refractivity contribution is 7.89. The second-order valence-electron chi connectivity index (χ2n) is 7.31. The number of aryl methyl sites for hydroxylation is 2. The highest BCUT2D eigenvalue weighted by Crippen LogP contribution is 2.33. The van der Waals surface area contributed by atoms with Crippen molar-refractivity contribution >= 4 is 15.9 Å². The largest absolute Gasteiger partial charge is 0.345 e. The summed E-state index contributed by atoms with van der Waals surface area (Å²) >= 11 is 0. The Bertz CT molecular complexity index is 1110. The zero-order valence-corrected chi connectivity index (χ0v) is 17.3. The van der Waals surface area contributed by atoms with E-state index in [9.17, 15) is 13.2 Å². The molecule has 1 aliphatic carbocycles. The number of amides is 1. The molecule has 0 bridgehead atoms. The van der Waals surface area contributed by atoms with Gasteiger partial charge in [-0.1, -0.05) is 24.3 Å². The van der Waals surface area contributed by atoms with Crippen LogP contribution in [-0.4, -0.2) is 30.7 Å². The molecular weight excluding hydrogens is 400 g/mol. The third-order valence-corrected chi connectivity index (χ3v) is 6.72. The Balaban J connectivity index is 1.42. The summed E-state index contributed by atoms with van der Waals surface area (Å²) in [4.78, 5) is 12.7. The smallest absolute Gasteiger partial charge is 0.251 e. The summed E-state index contributed by atoms with van der Waals surface area (Å²) in [6, 6.07) is 15.8. The first kappa shape index (κ1) is 20.3. The average molecular weight is 425 g/mol. The number of benzene rings is 2. The van der Waals surface area contributed by atoms with Gasteiger partial charge in [0.25, 0.3) is 5.91 Å². The lowest BCUT2D eigenvalue weighted by Crippen LogP contribution is -2.28. The van der Waals surface area contributed by atoms with E-state index >= 15 is 0 Å². The molecule has 3 aromatic rings. The van der Waals surface area contributed by atoms with Crippen molar-refractivity contribution in [3.63, 3.8) is 0 Å². The summed E-state index contributed by atoms with van der Waals surface area (Å²) in [7, 11) is -3.62. The van der Waals surface area contributed by atoms with Crippen LogP contribution in [0.1, 0.15) is 40.4 Å². The maximum Gasteiger partial charge on any atom is 0.251 e. The van der Waals surface area contributed by atoms with Gasteiger partial charge in [0.1, 0.15) is 0 Å². The molecule has 1 amide bonds. The van der Waals surface area contributed by atoms with E-state index in [4.69, 9.17) is 0 Å². The minimum Gasteiger partial charge on any atom is -0.345 e. The van der Waals surface area contributed by atoms with Gasteiger partial charge in [0.05, 0.1) is 10.9 Å². The molecule has 2 N–H and O–H groups in total. The average Bonchev–Trinajstić information content (AvgIpc) is 3.42. The van der Waals surface area contributed by atoms with Crippen molar-refractivity contribution in [2.45, 2.75) is 36.7 Å². The number of fused-ring (bicyclic) bond motifs is 1. The molecule has 2 aromatic carbocycles. The number of nitrogens with zero attached hydrogens (tertiary/aromatic N) is 2. The summed E-state index contributed by atoms with van der Waals surface area (Å²) in [5.41, 5.74) is 2.54. The monoisotopic (exact) mass is 424 g/mol. The summed E-state index contributed by atoms with van der Waals surface area (Å²) in [5.74, 6) is -0.154. The third-order valence-electron chi connectivity index (χ3n) is 5.26. The van der Waals surface area contributed by atoms with Gasteiger partial charge >= 0.3 is 0 Å². The second-order valence-corrected chi connectivity index (χ2v) is 9.08. The Labute approximate surface area is 176 Å². The van der Waals surface area contributed by atoms with Crippen molar-refractivity contribution in [3.05, 3.63) is 83.7 Å². The van der Waals surface area contributed by atoms with Crippen LogP contribution in [0.5, 0.6) is 0 Å². The van der Waals surface area contributed by atoms with Crippen LogP contribution in [0.3, 0.4) is 0 Å². The van der Waals surface area contributed by atoms with E-state index in [-0.39, 0.29) is 16.8 Å². The Morgan fingerprint density at radius 2 is 1.97 bits per heavy atom. The normalized spacial score (nSPS) is 15.7. The summed E-state index contributed by atoms with van der Waals surface area (Å²) in [6.45, 7) is 0.973. The molecule has 1 unspecified atom stereocenters. The van der Waals surface area contributed by atoms with Crippen LogP contribution in [0, 0.1) is 0 Å². The molecule has 30 heavy (non-hydrogen) atoms. The van der Waals surface area contributed by atoms with Gasteiger partial charge in [-0.15, -0.1) is 0 Å². The van der Waals surface area contributed by atoms with Crippen LogP contribution in [-0.2, 0) is 23.0 Å². The van der Waals surface area contributed by atoms with E-state index in [1.807, 2.05) is 36.5 Å². The SMILES string of the molecule is O=C(NC1CCc2ccc(S(=O)(=O)NCCCn3cccn3)cc21)c1ccccc1. The third kappa shape index (κ3) is 4.60. The van der Waals surface area contributed by atoms with Gasteiger partial charge < -0.3 is 5.32 Å². The van der Waals surface area contributed by atoms with E-state index < -0.39 is 10.0 Å². The van der Waals surface area contributed by atoms with Gasteiger partial charge in [0.2, 0.25) is 10.0 Å². The number of sulfonamides is 1. The summed E-state index contributed by atoms with van der Waals surface area (Å²) in [6.07, 6.45) is 5.75. The minimum absolute atomic E-state index is 0.154. The number of rotatable bonds is 8. The Kier molecular flexibility index (Phi) is 5.96. The highest BCUT2D eigenvalue weighted by atomic mass is 32.2. The molecular formula is C22H24N4O3S. The molecule has 0 spiro atoms. The molecule has 0 radical (unpaired) electrons. The molecule has 7 nitrogen and oxygen atoms in total. The van der Waals surface area contributed by atoms with Crippen LogP contribution < -0.4 is 10.0 Å². The van der Waals surface area contributed by atoms with E-state index in [1.54, 1.807) is 35.1 Å². The van der Waals surface area contributed by atoms with Gasteiger partial charge in [-0.05, 0) is 60.7 Å². The van der Waals surface area contributed by atoms with Crippen LogP contribution in [0.25, 0.3) is 0 Å². The highest BCUT2D eigenvalue weighted by Gasteiger charge is 2.26. The van der Waals surface area contributed by atoms with Gasteiger partial charge in [-0.3, -0.25) is 9.48 Å². The van der Waals surface area contributed by atoms with Crippen LogP contribution in [0.15, 0.2) is 71.9 Å². The first-order valence-corrected chi connectivity index (χ1v) is 11.5. The fourth-order valence-corrected chi connectivity index (χ4v) is 4.80. The molecule has 1 heterocycles. The first-order chi connectivity index (χ1) is 14.5. The zero-order valence-electron chi connectivity index (χ0n) is 16.5. The van der Waals surface area contributed by atoms with Crippen LogP contribution in [0.4, 0.5) is 0 Å². The van der Waals surface area contributed by atoms with Gasteiger partial charge in [-0.25, -0.2) is 13.1 Å². The fourth-order valence-electron chi connectivity index (χ4n) is 3.69. The van der Waals surface area contributed by atoms with Gasteiger partial charge in [0, 0.05) is 31.0 Å². The first-order valence-electron chi connectivity index (χ1n) is 9.99. The Morgan fingerprint density at radius 3 is 2.73 bits per heavy atom. The molecule has 8 heteroatoms. The molecule has 1 aliphatic rings. The summed E-state index contributed by atoms with van der Waals surface area (Å²) < 4.78 is 29.9. The van der Waals surface area contributed by atoms with E-state index in [1.165, 1.54) is 0 Å². The van der Waals surface area contributed by atoms with E-state index in [0.717, 1.165) is 24.0 Å². The molecule has 0 aliphatic heterocycles. The molecule has 0 saturated carbocycles. The molecule has 1 aromatic heterocycles. The molecule has 0 saturated heterocycles. The van der Waals surface area contributed by atoms with Crippen molar-refractivity contribution in [1.29, 1.82) is 0 Å². The molecule has 0 fully saturated rings. The van der Waals surface area contributed by atoms with Crippen LogP contribution >= 0.6 is 0 Å². The molecule has 1 atom stereocenters. The number of carbonyl (C=O) groups excluding carboxylic acids is 1. The number of nitrogens with one attached hydrogen (secondary N) is 2. The second kappa shape index (κ2) is 8.81. The molecule has 156 valence electrons. The molecule has 4 rings (SSSR count). The maximum absolute atomic E-state index is 12.7. The van der Waals surface area contributed by atoms with Gasteiger partial charge in [-0.2, -0.15) is 5.10 Å². The lowest BCUT2D eigenvalue weighted by atomic mass is 10.1. The van der Waals surface area contributed by atoms with Crippen LogP contribution in [0.2, 0.25) is 0 Å². The predicted octanol–water partition coefficient (Wildman–Crippen LogP) is 2.67. The standard InChI is InChI=1S/C22H24N4O3S/c27-22(18-6-2-1-3-7-18)25-21-11-9-17-8-10-19(16-20(17)21)30(28,29)24-13-5-15-26-14-4-12-23-26/h1-4,6-8,10,12,14,16,21,24H,5,9,11,13,15H2,(H,25,27). The Hall–Kier alpha value is -2.97.